The number of H-pyrrole nitrogens is 1. The largest absolute Gasteiger partial charge is 0.496 e. The molecule has 0 bridgehead atoms. The van der Waals surface area contributed by atoms with Crippen molar-refractivity contribution in [3.63, 3.8) is 0 Å². The van der Waals surface area contributed by atoms with Crippen molar-refractivity contribution in [1.29, 1.82) is 0 Å². The van der Waals surface area contributed by atoms with Gasteiger partial charge in [-0.2, -0.15) is 9.50 Å². The summed E-state index contributed by atoms with van der Waals surface area (Å²) in [5.41, 5.74) is 3.53. The average molecular weight is 417 g/mol. The van der Waals surface area contributed by atoms with Crippen molar-refractivity contribution in [2.24, 2.45) is 0 Å². The van der Waals surface area contributed by atoms with Crippen LogP contribution in [0.25, 0.3) is 16.9 Å². The van der Waals surface area contributed by atoms with E-state index in [4.69, 9.17) is 4.74 Å². The topological polar surface area (TPSA) is 101 Å². The van der Waals surface area contributed by atoms with E-state index in [9.17, 15) is 9.59 Å². The van der Waals surface area contributed by atoms with E-state index in [-0.39, 0.29) is 17.9 Å². The van der Waals surface area contributed by atoms with Gasteiger partial charge in [0.1, 0.15) is 11.6 Å². The zero-order chi connectivity index (χ0) is 22.0. The lowest BCUT2D eigenvalue weighted by Crippen LogP contribution is -2.23. The summed E-state index contributed by atoms with van der Waals surface area (Å²) in [6.07, 6.45) is 0.467. The summed E-state index contributed by atoms with van der Waals surface area (Å²) in [6.45, 7) is 3.52. The fourth-order valence-corrected chi connectivity index (χ4v) is 3.53. The molecule has 2 N–H and O–H groups in total. The van der Waals surface area contributed by atoms with Crippen LogP contribution in [0.15, 0.2) is 53.3 Å². The van der Waals surface area contributed by atoms with Gasteiger partial charge in [-0.15, -0.1) is 0 Å². The Kier molecular flexibility index (Phi) is 5.53. The SMILES string of the molecule is COc1ccccc1-c1ccc(NC(=O)CCc2c(C)nc3nc(C)[nH]n3c2=O)cc1. The van der Waals surface area contributed by atoms with Gasteiger partial charge in [-0.05, 0) is 44.0 Å². The van der Waals surface area contributed by atoms with Crippen LogP contribution in [0.1, 0.15) is 23.5 Å². The van der Waals surface area contributed by atoms with Crippen LogP contribution in [0.2, 0.25) is 0 Å². The molecule has 0 fully saturated rings. The smallest absolute Gasteiger partial charge is 0.277 e. The first-order valence-corrected chi connectivity index (χ1v) is 9.94. The molecule has 1 amide bonds. The third kappa shape index (κ3) is 4.18. The number of rotatable bonds is 6. The van der Waals surface area contributed by atoms with Gasteiger partial charge < -0.3 is 10.1 Å². The van der Waals surface area contributed by atoms with Gasteiger partial charge in [0.2, 0.25) is 5.91 Å². The van der Waals surface area contributed by atoms with Crippen molar-refractivity contribution in [2.45, 2.75) is 26.7 Å². The molecule has 2 aromatic carbocycles. The van der Waals surface area contributed by atoms with Gasteiger partial charge in [0.05, 0.1) is 12.8 Å². The molecule has 158 valence electrons. The number of aryl methyl sites for hydroxylation is 2. The molecule has 8 heteroatoms. The first-order valence-electron chi connectivity index (χ1n) is 9.94. The second kappa shape index (κ2) is 8.43. The van der Waals surface area contributed by atoms with Crippen LogP contribution in [0, 0.1) is 13.8 Å². The lowest BCUT2D eigenvalue weighted by atomic mass is 10.0. The Morgan fingerprint density at radius 2 is 1.84 bits per heavy atom. The summed E-state index contributed by atoms with van der Waals surface area (Å²) >= 11 is 0. The molecule has 0 unspecified atom stereocenters. The lowest BCUT2D eigenvalue weighted by molar-refractivity contribution is -0.116. The second-order valence-electron chi connectivity index (χ2n) is 7.25. The van der Waals surface area contributed by atoms with Gasteiger partial charge in [0.25, 0.3) is 11.3 Å². The van der Waals surface area contributed by atoms with Crippen molar-refractivity contribution in [3.05, 3.63) is 76.0 Å². The van der Waals surface area contributed by atoms with Crippen molar-refractivity contribution in [3.8, 4) is 16.9 Å². The average Bonchev–Trinajstić information content (AvgIpc) is 3.14. The monoisotopic (exact) mass is 417 g/mol. The number of anilines is 1. The number of fused-ring (bicyclic) bond motifs is 1. The third-order valence-electron chi connectivity index (χ3n) is 5.10. The van der Waals surface area contributed by atoms with E-state index in [0.717, 1.165) is 16.9 Å². The molecular formula is C23H23N5O3. The maximum Gasteiger partial charge on any atom is 0.277 e. The highest BCUT2D eigenvalue weighted by atomic mass is 16.5. The fraction of sp³-hybridized carbons (Fsp3) is 0.217. The molecule has 31 heavy (non-hydrogen) atoms. The predicted molar refractivity (Wildman–Crippen MR) is 118 cm³/mol. The molecule has 4 aromatic rings. The Morgan fingerprint density at radius 3 is 2.58 bits per heavy atom. The Hall–Kier alpha value is -3.94. The normalized spacial score (nSPS) is 10.9. The number of aromatic amines is 1. The first-order chi connectivity index (χ1) is 15.0. The molecule has 2 heterocycles. The summed E-state index contributed by atoms with van der Waals surface area (Å²) in [7, 11) is 1.64. The molecule has 0 spiro atoms. The summed E-state index contributed by atoms with van der Waals surface area (Å²) in [5.74, 6) is 1.56. The molecule has 2 aromatic heterocycles. The summed E-state index contributed by atoms with van der Waals surface area (Å²) in [5, 5.41) is 5.75. The number of carbonyl (C=O) groups excluding carboxylic acids is 1. The van der Waals surface area contributed by atoms with E-state index >= 15 is 0 Å². The minimum absolute atomic E-state index is 0.172. The fourth-order valence-electron chi connectivity index (χ4n) is 3.53. The Labute approximate surface area is 178 Å². The lowest BCUT2D eigenvalue weighted by Gasteiger charge is -2.10. The highest BCUT2D eigenvalue weighted by Gasteiger charge is 2.14. The number of nitrogens with one attached hydrogen (secondary N) is 2. The second-order valence-corrected chi connectivity index (χ2v) is 7.25. The zero-order valence-corrected chi connectivity index (χ0v) is 17.6. The molecular weight excluding hydrogens is 394 g/mol. The predicted octanol–water partition coefficient (Wildman–Crippen LogP) is 3.28. The standard InChI is InChI=1S/C23H23N5O3/c1-14-18(22(30)28-23(24-14)25-15(2)27-28)12-13-21(29)26-17-10-8-16(9-11-17)19-6-4-5-7-20(19)31-3/h4-11H,12-13H2,1-3H3,(H,26,29)(H,24,25,27). The number of carbonyl (C=O) groups is 1. The molecule has 0 saturated heterocycles. The van der Waals surface area contributed by atoms with E-state index < -0.39 is 0 Å². The Balaban J connectivity index is 1.44. The van der Waals surface area contributed by atoms with Crippen molar-refractivity contribution < 1.29 is 9.53 Å². The molecule has 0 aliphatic heterocycles. The highest BCUT2D eigenvalue weighted by Crippen LogP contribution is 2.30. The van der Waals surface area contributed by atoms with Gasteiger partial charge >= 0.3 is 0 Å². The van der Waals surface area contributed by atoms with Crippen LogP contribution in [-0.2, 0) is 11.2 Å². The Morgan fingerprint density at radius 1 is 1.10 bits per heavy atom. The minimum Gasteiger partial charge on any atom is -0.496 e. The summed E-state index contributed by atoms with van der Waals surface area (Å²) in [4.78, 5) is 33.6. The number of nitrogens with zero attached hydrogens (tertiary/aromatic N) is 3. The highest BCUT2D eigenvalue weighted by molar-refractivity contribution is 5.91. The number of hydrogen-bond acceptors (Lipinski definition) is 5. The van der Waals surface area contributed by atoms with Crippen molar-refractivity contribution >= 4 is 17.4 Å². The Bertz CT molecular complexity index is 1310. The van der Waals surface area contributed by atoms with Crippen molar-refractivity contribution in [2.75, 3.05) is 12.4 Å². The minimum atomic E-state index is -0.225. The van der Waals surface area contributed by atoms with Crippen LogP contribution < -0.4 is 15.6 Å². The molecule has 0 saturated carbocycles. The maximum atomic E-state index is 12.7. The molecule has 0 radical (unpaired) electrons. The van der Waals surface area contributed by atoms with Gasteiger partial charge in [-0.3, -0.25) is 14.7 Å². The number of para-hydroxylation sites is 1. The van der Waals surface area contributed by atoms with E-state index in [2.05, 4.69) is 20.4 Å². The molecule has 0 aliphatic carbocycles. The number of methoxy groups -OCH3 is 1. The van der Waals surface area contributed by atoms with Gasteiger partial charge in [0, 0.05) is 23.2 Å². The van der Waals surface area contributed by atoms with Crippen molar-refractivity contribution in [1.82, 2.24) is 19.6 Å². The summed E-state index contributed by atoms with van der Waals surface area (Å²) in [6, 6.07) is 15.3. The third-order valence-corrected chi connectivity index (χ3v) is 5.10. The van der Waals surface area contributed by atoms with Crippen LogP contribution in [0.3, 0.4) is 0 Å². The quantitative estimate of drug-likeness (QED) is 0.501. The van der Waals surface area contributed by atoms with Gasteiger partial charge in [-0.1, -0.05) is 30.3 Å². The van der Waals surface area contributed by atoms with Crippen LogP contribution in [-0.4, -0.2) is 32.6 Å². The summed E-state index contributed by atoms with van der Waals surface area (Å²) < 4.78 is 6.72. The molecule has 8 nitrogen and oxygen atoms in total. The van der Waals surface area contributed by atoms with Crippen LogP contribution >= 0.6 is 0 Å². The van der Waals surface area contributed by atoms with Gasteiger partial charge in [-0.25, -0.2) is 4.98 Å². The van der Waals surface area contributed by atoms with E-state index in [1.54, 1.807) is 21.0 Å². The maximum absolute atomic E-state index is 12.7. The molecule has 4 rings (SSSR count). The van der Waals surface area contributed by atoms with E-state index in [1.807, 2.05) is 48.5 Å². The number of ether oxygens (including phenoxy) is 1. The van der Waals surface area contributed by atoms with Crippen LogP contribution in [0.4, 0.5) is 5.69 Å². The number of amides is 1. The van der Waals surface area contributed by atoms with E-state index in [0.29, 0.717) is 35.0 Å². The van der Waals surface area contributed by atoms with Crippen LogP contribution in [0.5, 0.6) is 5.75 Å². The first kappa shape index (κ1) is 20.3. The molecule has 0 aliphatic rings. The van der Waals surface area contributed by atoms with E-state index in [1.165, 1.54) is 4.52 Å². The van der Waals surface area contributed by atoms with Gasteiger partial charge in [0.15, 0.2) is 0 Å². The number of benzene rings is 2. The zero-order valence-electron chi connectivity index (χ0n) is 17.6. The number of hydrogen-bond donors (Lipinski definition) is 2. The molecule has 0 atom stereocenters. The number of aromatic nitrogens is 4.